The average molecular weight is 321 g/mol. The van der Waals surface area contributed by atoms with Crippen molar-refractivity contribution < 1.29 is 8.78 Å². The topological polar surface area (TPSA) is 24.4 Å². The molecule has 1 aromatic carbocycles. The highest BCUT2D eigenvalue weighted by molar-refractivity contribution is 9.10. The molecule has 0 amide bonds. The molecular weight excluding hydrogens is 310 g/mol. The molecule has 1 aliphatic rings. The zero-order valence-corrected chi connectivity index (χ0v) is 11.5. The molecule has 2 rings (SSSR count). The molecule has 1 N–H and O–H groups in total. The summed E-state index contributed by atoms with van der Waals surface area (Å²) in [5.74, 6) is 0.254. The van der Waals surface area contributed by atoms with Crippen LogP contribution in [0.4, 0.5) is 14.5 Å². The number of nitrogens with zero attached hydrogens (tertiary/aromatic N) is 1. The summed E-state index contributed by atoms with van der Waals surface area (Å²) in [6.45, 7) is 2.84. The number of hydrogen-bond donors (Lipinski definition) is 1. The second-order valence-electron chi connectivity index (χ2n) is 3.93. The molecule has 2 nitrogen and oxygen atoms in total. The van der Waals surface area contributed by atoms with Crippen LogP contribution in [-0.2, 0) is 0 Å². The Morgan fingerprint density at radius 3 is 2.82 bits per heavy atom. The minimum absolute atomic E-state index is 0.229. The van der Waals surface area contributed by atoms with Gasteiger partial charge in [0.05, 0.1) is 5.69 Å². The first-order valence-corrected chi connectivity index (χ1v) is 6.93. The van der Waals surface area contributed by atoms with Crippen LogP contribution in [-0.4, -0.2) is 17.5 Å². The minimum Gasteiger partial charge on any atom is -0.332 e. The van der Waals surface area contributed by atoms with Crippen LogP contribution < -0.4 is 5.32 Å². The van der Waals surface area contributed by atoms with E-state index in [4.69, 9.17) is 0 Å². The summed E-state index contributed by atoms with van der Waals surface area (Å²) in [4.78, 5) is 4.30. The van der Waals surface area contributed by atoms with Crippen molar-refractivity contribution in [2.45, 2.75) is 6.92 Å². The van der Waals surface area contributed by atoms with Crippen LogP contribution in [0.2, 0.25) is 0 Å². The highest BCUT2D eigenvalue weighted by atomic mass is 79.9. The van der Waals surface area contributed by atoms with E-state index in [1.807, 2.05) is 0 Å². The monoisotopic (exact) mass is 320 g/mol. The van der Waals surface area contributed by atoms with Crippen LogP contribution in [0.25, 0.3) is 0 Å². The van der Waals surface area contributed by atoms with Gasteiger partial charge in [-0.25, -0.2) is 8.78 Å². The molecular formula is C11H11BrF2N2S. The SMILES string of the molecule is CC1CN=C(Nc2c(F)cc(F)cc2Br)SC1. The molecule has 1 atom stereocenters. The molecule has 0 spiro atoms. The van der Waals surface area contributed by atoms with E-state index in [1.54, 1.807) is 11.8 Å². The summed E-state index contributed by atoms with van der Waals surface area (Å²) in [6.07, 6.45) is 0. The van der Waals surface area contributed by atoms with Crippen LogP contribution in [0.15, 0.2) is 21.6 Å². The van der Waals surface area contributed by atoms with E-state index in [9.17, 15) is 8.78 Å². The predicted octanol–water partition coefficient (Wildman–Crippen LogP) is 3.88. The average Bonchev–Trinajstić information content (AvgIpc) is 2.26. The van der Waals surface area contributed by atoms with Crippen molar-refractivity contribution in [1.82, 2.24) is 0 Å². The third kappa shape index (κ3) is 3.19. The van der Waals surface area contributed by atoms with Crippen LogP contribution in [0.1, 0.15) is 6.92 Å². The molecule has 0 radical (unpaired) electrons. The highest BCUT2D eigenvalue weighted by Gasteiger charge is 2.16. The zero-order valence-electron chi connectivity index (χ0n) is 9.14. The number of amidine groups is 1. The van der Waals surface area contributed by atoms with Gasteiger partial charge in [0.25, 0.3) is 0 Å². The van der Waals surface area contributed by atoms with Crippen LogP contribution in [0.3, 0.4) is 0 Å². The summed E-state index contributed by atoms with van der Waals surface area (Å²) in [5, 5.41) is 3.56. The smallest absolute Gasteiger partial charge is 0.161 e. The van der Waals surface area contributed by atoms with Gasteiger partial charge in [-0.3, -0.25) is 4.99 Å². The number of anilines is 1. The van der Waals surface area contributed by atoms with Gasteiger partial charge < -0.3 is 5.32 Å². The molecule has 92 valence electrons. The largest absolute Gasteiger partial charge is 0.332 e. The minimum atomic E-state index is -0.626. The molecule has 1 heterocycles. The first kappa shape index (κ1) is 12.8. The van der Waals surface area contributed by atoms with E-state index < -0.39 is 11.6 Å². The Hall–Kier alpha value is -0.620. The van der Waals surface area contributed by atoms with Crippen molar-refractivity contribution in [2.75, 3.05) is 17.6 Å². The van der Waals surface area contributed by atoms with Gasteiger partial charge in [0.2, 0.25) is 0 Å². The fourth-order valence-corrected chi connectivity index (χ4v) is 2.80. The summed E-state index contributed by atoms with van der Waals surface area (Å²) in [7, 11) is 0. The van der Waals surface area contributed by atoms with E-state index in [2.05, 4.69) is 33.2 Å². The van der Waals surface area contributed by atoms with E-state index in [1.165, 1.54) is 6.07 Å². The molecule has 0 aliphatic carbocycles. The maximum Gasteiger partial charge on any atom is 0.161 e. The van der Waals surface area contributed by atoms with Gasteiger partial charge in [-0.2, -0.15) is 0 Å². The lowest BCUT2D eigenvalue weighted by molar-refractivity contribution is 0.585. The van der Waals surface area contributed by atoms with E-state index in [-0.39, 0.29) is 5.69 Å². The molecule has 6 heteroatoms. The molecule has 0 saturated carbocycles. The van der Waals surface area contributed by atoms with Gasteiger partial charge in [0.1, 0.15) is 5.82 Å². The highest BCUT2D eigenvalue weighted by Crippen LogP contribution is 2.29. The molecule has 1 unspecified atom stereocenters. The second kappa shape index (κ2) is 5.35. The molecule has 0 aromatic heterocycles. The first-order chi connectivity index (χ1) is 8.06. The number of halogens is 3. The van der Waals surface area contributed by atoms with E-state index >= 15 is 0 Å². The van der Waals surface area contributed by atoms with Crippen molar-refractivity contribution in [1.29, 1.82) is 0 Å². The van der Waals surface area contributed by atoms with Crippen molar-refractivity contribution in [2.24, 2.45) is 10.9 Å². The summed E-state index contributed by atoms with van der Waals surface area (Å²) >= 11 is 4.68. The molecule has 0 saturated heterocycles. The van der Waals surface area contributed by atoms with Crippen molar-refractivity contribution in [3.05, 3.63) is 28.2 Å². The van der Waals surface area contributed by atoms with Crippen LogP contribution >= 0.6 is 27.7 Å². The molecule has 17 heavy (non-hydrogen) atoms. The standard InChI is InChI=1S/C11H11BrF2N2S/c1-6-4-15-11(17-5-6)16-10-8(12)2-7(13)3-9(10)14/h2-3,6H,4-5H2,1H3,(H,15,16). The Kier molecular flexibility index (Phi) is 4.04. The fraction of sp³-hybridized carbons (Fsp3) is 0.364. The van der Waals surface area contributed by atoms with Crippen LogP contribution in [0.5, 0.6) is 0 Å². The van der Waals surface area contributed by atoms with Gasteiger partial charge in [0, 0.05) is 22.8 Å². The number of hydrogen-bond acceptors (Lipinski definition) is 3. The number of thioether (sulfide) groups is 1. The number of rotatable bonds is 1. The Bertz CT molecular complexity index is 442. The summed E-state index contributed by atoms with van der Waals surface area (Å²) in [5.41, 5.74) is 0.229. The molecule has 0 bridgehead atoms. The van der Waals surface area contributed by atoms with Gasteiger partial charge >= 0.3 is 0 Å². The second-order valence-corrected chi connectivity index (χ2v) is 5.79. The number of benzene rings is 1. The Morgan fingerprint density at radius 1 is 1.47 bits per heavy atom. The number of nitrogens with one attached hydrogen (secondary N) is 1. The lowest BCUT2D eigenvalue weighted by atomic mass is 10.2. The van der Waals surface area contributed by atoms with Gasteiger partial charge in [-0.05, 0) is 27.9 Å². The third-order valence-corrected chi connectivity index (χ3v) is 4.16. The summed E-state index contributed by atoms with van der Waals surface area (Å²) < 4.78 is 26.8. The van der Waals surface area contributed by atoms with Crippen molar-refractivity contribution in [3.8, 4) is 0 Å². The molecule has 1 aliphatic heterocycles. The van der Waals surface area contributed by atoms with Gasteiger partial charge in [-0.1, -0.05) is 18.7 Å². The quantitative estimate of drug-likeness (QED) is 0.849. The van der Waals surface area contributed by atoms with Gasteiger partial charge in [-0.15, -0.1) is 0 Å². The molecule has 0 fully saturated rings. The first-order valence-electron chi connectivity index (χ1n) is 5.15. The summed E-state index contributed by atoms with van der Waals surface area (Å²) in [6, 6.07) is 2.08. The Labute approximate surface area is 111 Å². The van der Waals surface area contributed by atoms with Gasteiger partial charge in [0.15, 0.2) is 11.0 Å². The van der Waals surface area contributed by atoms with E-state index in [0.29, 0.717) is 15.6 Å². The lowest BCUT2D eigenvalue weighted by Gasteiger charge is -2.18. The number of aliphatic imine (C=N–C) groups is 1. The zero-order chi connectivity index (χ0) is 12.4. The maximum atomic E-state index is 13.5. The third-order valence-electron chi connectivity index (χ3n) is 2.29. The normalized spacial score (nSPS) is 20.0. The predicted molar refractivity (Wildman–Crippen MR) is 71.6 cm³/mol. The van der Waals surface area contributed by atoms with Crippen molar-refractivity contribution >= 4 is 38.5 Å². The van der Waals surface area contributed by atoms with Crippen molar-refractivity contribution in [3.63, 3.8) is 0 Å². The maximum absolute atomic E-state index is 13.5. The van der Waals surface area contributed by atoms with E-state index in [0.717, 1.165) is 18.4 Å². The van der Waals surface area contributed by atoms with Crippen LogP contribution in [0, 0.1) is 17.6 Å². The fourth-order valence-electron chi connectivity index (χ4n) is 1.40. The lowest BCUT2D eigenvalue weighted by Crippen LogP contribution is -2.19. The Morgan fingerprint density at radius 2 is 2.24 bits per heavy atom. The molecule has 1 aromatic rings. The Balaban J connectivity index is 2.19.